The third kappa shape index (κ3) is 3.31. The standard InChI is InChI=1S/C12H16FNO2/c1-8(2)11(15)7-14-12(16)9-5-3-4-6-10(9)13/h3-6,8,11,15H,7H2,1-2H3,(H,14,16). The molecule has 0 aromatic heterocycles. The van der Waals surface area contributed by atoms with Crippen molar-refractivity contribution in [1.82, 2.24) is 5.32 Å². The van der Waals surface area contributed by atoms with Crippen LogP contribution >= 0.6 is 0 Å². The summed E-state index contributed by atoms with van der Waals surface area (Å²) in [5.41, 5.74) is -0.00143. The van der Waals surface area contributed by atoms with Crippen molar-refractivity contribution in [3.05, 3.63) is 35.6 Å². The molecule has 0 radical (unpaired) electrons. The van der Waals surface area contributed by atoms with Crippen molar-refractivity contribution in [3.8, 4) is 0 Å². The summed E-state index contributed by atoms with van der Waals surface area (Å²) in [6.07, 6.45) is -0.615. The molecule has 1 aromatic carbocycles. The van der Waals surface area contributed by atoms with Gasteiger partial charge >= 0.3 is 0 Å². The molecule has 0 aliphatic rings. The van der Waals surface area contributed by atoms with E-state index >= 15 is 0 Å². The van der Waals surface area contributed by atoms with Crippen LogP contribution in [0.15, 0.2) is 24.3 Å². The fraction of sp³-hybridized carbons (Fsp3) is 0.417. The summed E-state index contributed by atoms with van der Waals surface area (Å²) < 4.78 is 13.2. The minimum atomic E-state index is -0.615. The van der Waals surface area contributed by atoms with Gasteiger partial charge in [0.2, 0.25) is 0 Å². The van der Waals surface area contributed by atoms with E-state index in [4.69, 9.17) is 0 Å². The molecule has 0 saturated carbocycles. The Labute approximate surface area is 94.3 Å². The van der Waals surface area contributed by atoms with Gasteiger partial charge in [-0.25, -0.2) is 4.39 Å². The number of carbonyl (C=O) groups excluding carboxylic acids is 1. The molecule has 0 bridgehead atoms. The average molecular weight is 225 g/mol. The van der Waals surface area contributed by atoms with Crippen LogP contribution in [0.4, 0.5) is 4.39 Å². The quantitative estimate of drug-likeness (QED) is 0.817. The van der Waals surface area contributed by atoms with Crippen LogP contribution in [0, 0.1) is 11.7 Å². The fourth-order valence-electron chi connectivity index (χ4n) is 1.17. The molecule has 4 heteroatoms. The minimum Gasteiger partial charge on any atom is -0.391 e. The number of amides is 1. The van der Waals surface area contributed by atoms with Crippen LogP contribution in [0.1, 0.15) is 24.2 Å². The number of carbonyl (C=O) groups is 1. The highest BCUT2D eigenvalue weighted by Crippen LogP contribution is 2.06. The second-order valence-corrected chi connectivity index (χ2v) is 4.00. The average Bonchev–Trinajstić information content (AvgIpc) is 2.25. The molecule has 1 amide bonds. The molecule has 2 N–H and O–H groups in total. The highest BCUT2D eigenvalue weighted by molar-refractivity contribution is 5.94. The maximum Gasteiger partial charge on any atom is 0.254 e. The number of hydrogen-bond acceptors (Lipinski definition) is 2. The van der Waals surface area contributed by atoms with Gasteiger partial charge in [-0.05, 0) is 18.1 Å². The fourth-order valence-corrected chi connectivity index (χ4v) is 1.17. The van der Waals surface area contributed by atoms with Crippen molar-refractivity contribution in [1.29, 1.82) is 0 Å². The topological polar surface area (TPSA) is 49.3 Å². The maximum absolute atomic E-state index is 13.2. The number of hydrogen-bond donors (Lipinski definition) is 2. The number of benzene rings is 1. The first-order valence-electron chi connectivity index (χ1n) is 5.23. The molecule has 1 aromatic rings. The Hall–Kier alpha value is -1.42. The molecule has 1 rings (SSSR count). The molecule has 0 saturated heterocycles. The zero-order valence-electron chi connectivity index (χ0n) is 9.40. The number of aliphatic hydroxyl groups excluding tert-OH is 1. The molecular formula is C12H16FNO2. The van der Waals surface area contributed by atoms with Crippen molar-refractivity contribution in [2.75, 3.05) is 6.54 Å². The zero-order chi connectivity index (χ0) is 12.1. The molecule has 1 unspecified atom stereocenters. The SMILES string of the molecule is CC(C)C(O)CNC(=O)c1ccccc1F. The summed E-state index contributed by atoms with van der Waals surface area (Å²) in [6, 6.07) is 5.76. The summed E-state index contributed by atoms with van der Waals surface area (Å²) >= 11 is 0. The smallest absolute Gasteiger partial charge is 0.254 e. The lowest BCUT2D eigenvalue weighted by molar-refractivity contribution is 0.0868. The molecule has 0 aliphatic carbocycles. The Kier molecular flexibility index (Phi) is 4.43. The first-order chi connectivity index (χ1) is 7.52. The van der Waals surface area contributed by atoms with E-state index in [-0.39, 0.29) is 18.0 Å². The highest BCUT2D eigenvalue weighted by atomic mass is 19.1. The number of nitrogens with one attached hydrogen (secondary N) is 1. The highest BCUT2D eigenvalue weighted by Gasteiger charge is 2.13. The Morgan fingerprint density at radius 3 is 2.62 bits per heavy atom. The van der Waals surface area contributed by atoms with Gasteiger partial charge in [-0.1, -0.05) is 26.0 Å². The van der Waals surface area contributed by atoms with E-state index in [1.807, 2.05) is 13.8 Å². The van der Waals surface area contributed by atoms with Gasteiger partial charge < -0.3 is 10.4 Å². The maximum atomic E-state index is 13.2. The zero-order valence-corrected chi connectivity index (χ0v) is 9.40. The Morgan fingerprint density at radius 2 is 2.06 bits per heavy atom. The van der Waals surface area contributed by atoms with Gasteiger partial charge in [0, 0.05) is 6.54 Å². The van der Waals surface area contributed by atoms with E-state index in [0.29, 0.717) is 0 Å². The van der Waals surface area contributed by atoms with Crippen LogP contribution in [0.3, 0.4) is 0 Å². The number of rotatable bonds is 4. The molecule has 16 heavy (non-hydrogen) atoms. The van der Waals surface area contributed by atoms with Gasteiger partial charge in [0.25, 0.3) is 5.91 Å². The number of halogens is 1. The largest absolute Gasteiger partial charge is 0.391 e. The van der Waals surface area contributed by atoms with Gasteiger partial charge in [-0.2, -0.15) is 0 Å². The van der Waals surface area contributed by atoms with E-state index in [2.05, 4.69) is 5.32 Å². The van der Waals surface area contributed by atoms with Gasteiger partial charge in [0.1, 0.15) is 5.82 Å². The van der Waals surface area contributed by atoms with Gasteiger partial charge in [-0.15, -0.1) is 0 Å². The second-order valence-electron chi connectivity index (χ2n) is 4.00. The Bertz CT molecular complexity index is 366. The van der Waals surface area contributed by atoms with Crippen LogP contribution in [0.25, 0.3) is 0 Å². The van der Waals surface area contributed by atoms with E-state index in [1.54, 1.807) is 6.07 Å². The van der Waals surface area contributed by atoms with E-state index < -0.39 is 17.8 Å². The Morgan fingerprint density at radius 1 is 1.44 bits per heavy atom. The molecule has 88 valence electrons. The van der Waals surface area contributed by atoms with Crippen LogP contribution < -0.4 is 5.32 Å². The molecule has 1 atom stereocenters. The van der Waals surface area contributed by atoms with Crippen LogP contribution in [0.5, 0.6) is 0 Å². The minimum absolute atomic E-state index is 0.00143. The monoisotopic (exact) mass is 225 g/mol. The van der Waals surface area contributed by atoms with Gasteiger partial charge in [-0.3, -0.25) is 4.79 Å². The summed E-state index contributed by atoms with van der Waals surface area (Å²) in [5.74, 6) is -1.00. The molecule has 0 fully saturated rings. The van der Waals surface area contributed by atoms with Crippen molar-refractivity contribution in [2.45, 2.75) is 20.0 Å². The van der Waals surface area contributed by atoms with Crippen molar-refractivity contribution >= 4 is 5.91 Å². The lowest BCUT2D eigenvalue weighted by Crippen LogP contribution is -2.35. The first-order valence-corrected chi connectivity index (χ1v) is 5.23. The predicted molar refractivity (Wildman–Crippen MR) is 59.6 cm³/mol. The molecular weight excluding hydrogens is 209 g/mol. The van der Waals surface area contributed by atoms with E-state index in [0.717, 1.165) is 0 Å². The van der Waals surface area contributed by atoms with E-state index in [1.165, 1.54) is 18.2 Å². The summed E-state index contributed by atoms with van der Waals surface area (Å²) in [4.78, 5) is 11.5. The summed E-state index contributed by atoms with van der Waals surface area (Å²) in [6.45, 7) is 3.82. The molecule has 3 nitrogen and oxygen atoms in total. The first kappa shape index (κ1) is 12.6. The third-order valence-electron chi connectivity index (χ3n) is 2.36. The van der Waals surface area contributed by atoms with Crippen LogP contribution in [-0.2, 0) is 0 Å². The normalized spacial score (nSPS) is 12.6. The van der Waals surface area contributed by atoms with Crippen molar-refractivity contribution in [3.63, 3.8) is 0 Å². The number of aliphatic hydroxyl groups is 1. The molecule has 0 aliphatic heterocycles. The summed E-state index contributed by atoms with van der Waals surface area (Å²) in [7, 11) is 0. The summed E-state index contributed by atoms with van der Waals surface area (Å²) in [5, 5.41) is 12.0. The third-order valence-corrected chi connectivity index (χ3v) is 2.36. The molecule has 0 heterocycles. The van der Waals surface area contributed by atoms with Crippen LogP contribution in [0.2, 0.25) is 0 Å². The van der Waals surface area contributed by atoms with Crippen molar-refractivity contribution in [2.24, 2.45) is 5.92 Å². The predicted octanol–water partition coefficient (Wildman–Crippen LogP) is 1.57. The van der Waals surface area contributed by atoms with Gasteiger partial charge in [0.15, 0.2) is 0 Å². The lowest BCUT2D eigenvalue weighted by Gasteiger charge is -2.15. The molecule has 0 spiro atoms. The Balaban J connectivity index is 2.57. The lowest BCUT2D eigenvalue weighted by atomic mass is 10.1. The van der Waals surface area contributed by atoms with E-state index in [9.17, 15) is 14.3 Å². The van der Waals surface area contributed by atoms with Crippen LogP contribution in [-0.4, -0.2) is 23.7 Å². The van der Waals surface area contributed by atoms with Crippen molar-refractivity contribution < 1.29 is 14.3 Å². The second kappa shape index (κ2) is 5.61. The van der Waals surface area contributed by atoms with Gasteiger partial charge in [0.05, 0.1) is 11.7 Å².